The molecule has 0 aromatic carbocycles. The Morgan fingerprint density at radius 2 is 2.36 bits per heavy atom. The predicted octanol–water partition coefficient (Wildman–Crippen LogP) is 2.70. The van der Waals surface area contributed by atoms with Crippen molar-refractivity contribution >= 4 is 11.3 Å². The molecule has 0 spiro atoms. The van der Waals surface area contributed by atoms with E-state index < -0.39 is 0 Å². The molecule has 0 saturated carbocycles. The van der Waals surface area contributed by atoms with Gasteiger partial charge < -0.3 is 0 Å². The molecule has 0 aliphatic rings. The van der Waals surface area contributed by atoms with Gasteiger partial charge in [-0.25, -0.2) is 0 Å². The molecule has 1 rings (SSSR count). The fourth-order valence-corrected chi connectivity index (χ4v) is 2.26. The van der Waals surface area contributed by atoms with Gasteiger partial charge in [0.15, 0.2) is 0 Å². The minimum absolute atomic E-state index is 0.441. The van der Waals surface area contributed by atoms with Gasteiger partial charge in [0, 0.05) is 6.04 Å². The second kappa shape index (κ2) is 6.98. The van der Waals surface area contributed by atoms with Crippen molar-refractivity contribution in [2.75, 3.05) is 0 Å². The van der Waals surface area contributed by atoms with Crippen molar-refractivity contribution in [2.24, 2.45) is 5.84 Å². The lowest BCUT2D eigenvalue weighted by atomic mass is 10.0. The number of nitrogens with two attached hydrogens (primary N) is 1. The Hall–Kier alpha value is -0.380. The van der Waals surface area contributed by atoms with Gasteiger partial charge >= 0.3 is 0 Å². The molecule has 1 atom stereocenters. The summed E-state index contributed by atoms with van der Waals surface area (Å²) in [6, 6.07) is 2.62. The normalized spacial score (nSPS) is 13.0. The third kappa shape index (κ3) is 4.22. The first-order valence-corrected chi connectivity index (χ1v) is 6.28. The van der Waals surface area contributed by atoms with E-state index in [4.69, 9.17) is 5.84 Å². The van der Waals surface area contributed by atoms with E-state index in [2.05, 4.69) is 29.2 Å². The minimum atomic E-state index is 0.441. The second-order valence-corrected chi connectivity index (χ2v) is 4.48. The predicted molar refractivity (Wildman–Crippen MR) is 63.3 cm³/mol. The SMILES string of the molecule is CCCCCC(Cc1ccsc1)NN. The maximum atomic E-state index is 5.52. The quantitative estimate of drug-likeness (QED) is 0.414. The summed E-state index contributed by atoms with van der Waals surface area (Å²) in [5, 5.41) is 4.32. The molecule has 1 heterocycles. The van der Waals surface area contributed by atoms with E-state index >= 15 is 0 Å². The Bertz CT molecular complexity index is 221. The fourth-order valence-electron chi connectivity index (χ4n) is 1.58. The molecule has 3 N–H and O–H groups in total. The zero-order valence-corrected chi connectivity index (χ0v) is 9.65. The number of nitrogens with one attached hydrogen (secondary N) is 1. The summed E-state index contributed by atoms with van der Waals surface area (Å²) in [7, 11) is 0. The van der Waals surface area contributed by atoms with Crippen LogP contribution in [-0.4, -0.2) is 6.04 Å². The molecule has 1 aromatic rings. The molecule has 0 bridgehead atoms. The van der Waals surface area contributed by atoms with E-state index in [0.717, 1.165) is 6.42 Å². The van der Waals surface area contributed by atoms with Gasteiger partial charge in [-0.3, -0.25) is 11.3 Å². The van der Waals surface area contributed by atoms with E-state index in [0.29, 0.717) is 6.04 Å². The van der Waals surface area contributed by atoms with Gasteiger partial charge in [-0.05, 0) is 35.2 Å². The molecule has 0 aliphatic heterocycles. The molecule has 14 heavy (non-hydrogen) atoms. The van der Waals surface area contributed by atoms with Crippen LogP contribution in [0.4, 0.5) is 0 Å². The fraction of sp³-hybridized carbons (Fsp3) is 0.636. The van der Waals surface area contributed by atoms with E-state index in [-0.39, 0.29) is 0 Å². The summed E-state index contributed by atoms with van der Waals surface area (Å²) >= 11 is 1.75. The molecule has 0 radical (unpaired) electrons. The van der Waals surface area contributed by atoms with Crippen molar-refractivity contribution in [3.63, 3.8) is 0 Å². The van der Waals surface area contributed by atoms with Crippen LogP contribution in [0.25, 0.3) is 0 Å². The Balaban J connectivity index is 2.24. The average Bonchev–Trinajstić information content (AvgIpc) is 2.69. The van der Waals surface area contributed by atoms with Crippen molar-refractivity contribution in [1.82, 2.24) is 5.43 Å². The van der Waals surface area contributed by atoms with Gasteiger partial charge in [-0.1, -0.05) is 26.2 Å². The van der Waals surface area contributed by atoms with E-state index in [1.165, 1.54) is 31.2 Å². The highest BCUT2D eigenvalue weighted by molar-refractivity contribution is 7.07. The lowest BCUT2D eigenvalue weighted by molar-refractivity contribution is 0.467. The van der Waals surface area contributed by atoms with Crippen molar-refractivity contribution in [1.29, 1.82) is 0 Å². The van der Waals surface area contributed by atoms with Crippen LogP contribution in [0.2, 0.25) is 0 Å². The third-order valence-electron chi connectivity index (χ3n) is 2.45. The van der Waals surface area contributed by atoms with Gasteiger partial charge in [-0.2, -0.15) is 11.3 Å². The standard InChI is InChI=1S/C11H20N2S/c1-2-3-4-5-11(13-12)8-10-6-7-14-9-10/h6-7,9,11,13H,2-5,8,12H2,1H3. The summed E-state index contributed by atoms with van der Waals surface area (Å²) in [5.41, 5.74) is 4.30. The first-order chi connectivity index (χ1) is 6.86. The molecule has 1 unspecified atom stereocenters. The van der Waals surface area contributed by atoms with Gasteiger partial charge in [0.25, 0.3) is 0 Å². The van der Waals surface area contributed by atoms with Crippen LogP contribution in [0.5, 0.6) is 0 Å². The molecule has 0 aliphatic carbocycles. The summed E-state index contributed by atoms with van der Waals surface area (Å²) in [6.07, 6.45) is 6.09. The van der Waals surface area contributed by atoms with Crippen molar-refractivity contribution in [2.45, 2.75) is 45.1 Å². The van der Waals surface area contributed by atoms with Crippen LogP contribution in [0, 0.1) is 0 Å². The Labute approximate surface area is 90.5 Å². The number of unbranched alkanes of at least 4 members (excludes halogenated alkanes) is 2. The van der Waals surface area contributed by atoms with E-state index in [9.17, 15) is 0 Å². The average molecular weight is 212 g/mol. The van der Waals surface area contributed by atoms with Crippen molar-refractivity contribution in [3.05, 3.63) is 22.4 Å². The zero-order valence-electron chi connectivity index (χ0n) is 8.83. The lowest BCUT2D eigenvalue weighted by Gasteiger charge is -2.14. The molecular formula is C11H20N2S. The number of hydrogen-bond acceptors (Lipinski definition) is 3. The van der Waals surface area contributed by atoms with E-state index in [1.54, 1.807) is 11.3 Å². The molecular weight excluding hydrogens is 192 g/mol. The molecule has 0 fully saturated rings. The lowest BCUT2D eigenvalue weighted by Crippen LogP contribution is -2.36. The van der Waals surface area contributed by atoms with E-state index in [1.807, 2.05) is 0 Å². The monoisotopic (exact) mass is 212 g/mol. The first kappa shape index (κ1) is 11.7. The molecule has 0 saturated heterocycles. The van der Waals surface area contributed by atoms with Gasteiger partial charge in [0.2, 0.25) is 0 Å². The molecule has 1 aromatic heterocycles. The number of thiophene rings is 1. The van der Waals surface area contributed by atoms with Crippen LogP contribution in [0.3, 0.4) is 0 Å². The first-order valence-electron chi connectivity index (χ1n) is 5.34. The van der Waals surface area contributed by atoms with Gasteiger partial charge in [0.1, 0.15) is 0 Å². The summed E-state index contributed by atoms with van der Waals surface area (Å²) in [4.78, 5) is 0. The summed E-state index contributed by atoms with van der Waals surface area (Å²) in [6.45, 7) is 2.23. The number of rotatable bonds is 7. The highest BCUT2D eigenvalue weighted by Gasteiger charge is 2.07. The maximum absolute atomic E-state index is 5.52. The summed E-state index contributed by atoms with van der Waals surface area (Å²) < 4.78 is 0. The number of hydrogen-bond donors (Lipinski definition) is 2. The topological polar surface area (TPSA) is 38.0 Å². The Kier molecular flexibility index (Phi) is 5.83. The highest BCUT2D eigenvalue weighted by Crippen LogP contribution is 2.12. The molecule has 2 nitrogen and oxygen atoms in total. The van der Waals surface area contributed by atoms with Crippen LogP contribution < -0.4 is 11.3 Å². The van der Waals surface area contributed by atoms with Crippen LogP contribution in [0.1, 0.15) is 38.2 Å². The van der Waals surface area contributed by atoms with Crippen molar-refractivity contribution < 1.29 is 0 Å². The van der Waals surface area contributed by atoms with Crippen LogP contribution in [0.15, 0.2) is 16.8 Å². The minimum Gasteiger partial charge on any atom is -0.271 e. The number of hydrazine groups is 1. The maximum Gasteiger partial charge on any atom is 0.0251 e. The molecule has 3 heteroatoms. The molecule has 0 amide bonds. The second-order valence-electron chi connectivity index (χ2n) is 3.70. The van der Waals surface area contributed by atoms with Gasteiger partial charge in [0.05, 0.1) is 0 Å². The van der Waals surface area contributed by atoms with Crippen LogP contribution >= 0.6 is 11.3 Å². The summed E-state index contributed by atoms with van der Waals surface area (Å²) in [5.74, 6) is 5.52. The Morgan fingerprint density at radius 3 is 2.93 bits per heavy atom. The van der Waals surface area contributed by atoms with Gasteiger partial charge in [-0.15, -0.1) is 0 Å². The Morgan fingerprint density at radius 1 is 1.50 bits per heavy atom. The highest BCUT2D eigenvalue weighted by atomic mass is 32.1. The third-order valence-corrected chi connectivity index (χ3v) is 3.19. The van der Waals surface area contributed by atoms with Crippen LogP contribution in [-0.2, 0) is 6.42 Å². The van der Waals surface area contributed by atoms with Crippen molar-refractivity contribution in [3.8, 4) is 0 Å². The smallest absolute Gasteiger partial charge is 0.0251 e. The zero-order chi connectivity index (χ0) is 10.2. The largest absolute Gasteiger partial charge is 0.271 e. The molecule has 80 valence electrons.